The van der Waals surface area contributed by atoms with Gasteiger partial charge in [0.1, 0.15) is 11.2 Å². The molecular formula is C15H20BNO4. The molecule has 1 aliphatic rings. The molecule has 2 aromatic rings. The highest BCUT2D eigenvalue weighted by atomic mass is 16.7. The Bertz CT molecular complexity index is 649. The summed E-state index contributed by atoms with van der Waals surface area (Å²) < 4.78 is 23.4. The van der Waals surface area contributed by atoms with E-state index in [1.165, 1.54) is 0 Å². The number of furan rings is 1. The summed E-state index contributed by atoms with van der Waals surface area (Å²) >= 11 is 0. The minimum absolute atomic E-state index is 0.391. The van der Waals surface area contributed by atoms with E-state index in [0.717, 1.165) is 11.0 Å². The Balaban J connectivity index is 1.98. The van der Waals surface area contributed by atoms with Crippen LogP contribution in [0.5, 0.6) is 5.88 Å². The number of aromatic nitrogens is 1. The summed E-state index contributed by atoms with van der Waals surface area (Å²) in [6.45, 7) is 10.6. The highest BCUT2D eigenvalue weighted by Crippen LogP contribution is 2.37. The van der Waals surface area contributed by atoms with E-state index in [1.807, 2.05) is 46.8 Å². The molecule has 1 aliphatic heterocycles. The largest absolute Gasteiger partial charge is 0.532 e. The summed E-state index contributed by atoms with van der Waals surface area (Å²) in [5.74, 6) is 0.571. The average molecular weight is 289 g/mol. The molecule has 0 aromatic carbocycles. The molecule has 6 heteroatoms. The van der Waals surface area contributed by atoms with Gasteiger partial charge in [-0.25, -0.2) is 4.98 Å². The van der Waals surface area contributed by atoms with E-state index in [0.29, 0.717) is 18.1 Å². The van der Waals surface area contributed by atoms with Gasteiger partial charge in [-0.1, -0.05) is 0 Å². The molecule has 0 spiro atoms. The third kappa shape index (κ3) is 2.32. The fourth-order valence-corrected chi connectivity index (χ4v) is 2.29. The van der Waals surface area contributed by atoms with Crippen LogP contribution in [-0.4, -0.2) is 29.9 Å². The molecule has 1 fully saturated rings. The van der Waals surface area contributed by atoms with Crippen molar-refractivity contribution in [3.05, 3.63) is 18.3 Å². The van der Waals surface area contributed by atoms with Crippen molar-refractivity contribution in [2.45, 2.75) is 45.8 Å². The van der Waals surface area contributed by atoms with Gasteiger partial charge in [0, 0.05) is 6.20 Å². The van der Waals surface area contributed by atoms with Crippen LogP contribution in [0.3, 0.4) is 0 Å². The van der Waals surface area contributed by atoms with Gasteiger partial charge in [-0.3, -0.25) is 0 Å². The molecule has 0 aliphatic carbocycles. The summed E-state index contributed by atoms with van der Waals surface area (Å²) in [4.78, 5) is 4.23. The highest BCUT2D eigenvalue weighted by Gasteiger charge is 2.53. The third-order valence-corrected chi connectivity index (χ3v) is 4.19. The topological polar surface area (TPSA) is 53.7 Å². The number of ether oxygens (including phenoxy) is 1. The van der Waals surface area contributed by atoms with Crippen molar-refractivity contribution in [1.29, 1.82) is 0 Å². The van der Waals surface area contributed by atoms with Crippen LogP contribution < -0.4 is 10.4 Å². The maximum atomic E-state index is 6.00. The van der Waals surface area contributed by atoms with Crippen molar-refractivity contribution in [2.24, 2.45) is 0 Å². The fourth-order valence-electron chi connectivity index (χ4n) is 2.29. The molecule has 5 nitrogen and oxygen atoms in total. The second kappa shape index (κ2) is 4.75. The van der Waals surface area contributed by atoms with Crippen LogP contribution in [0.1, 0.15) is 34.6 Å². The number of pyridine rings is 1. The Morgan fingerprint density at radius 2 is 1.86 bits per heavy atom. The Morgan fingerprint density at radius 3 is 2.48 bits per heavy atom. The molecule has 0 bridgehead atoms. The quantitative estimate of drug-likeness (QED) is 0.813. The summed E-state index contributed by atoms with van der Waals surface area (Å²) in [6, 6.07) is 3.70. The maximum Gasteiger partial charge on any atom is 0.532 e. The number of hydrogen-bond acceptors (Lipinski definition) is 5. The summed E-state index contributed by atoms with van der Waals surface area (Å²) in [5.41, 5.74) is 0.575. The molecule has 0 radical (unpaired) electrons. The van der Waals surface area contributed by atoms with E-state index in [-0.39, 0.29) is 0 Å². The normalized spacial score (nSPS) is 20.1. The molecule has 0 N–H and O–H groups in total. The Kier molecular flexibility index (Phi) is 3.26. The molecule has 21 heavy (non-hydrogen) atoms. The van der Waals surface area contributed by atoms with Crippen LogP contribution in [-0.2, 0) is 9.31 Å². The summed E-state index contributed by atoms with van der Waals surface area (Å²) in [7, 11) is -0.517. The summed E-state index contributed by atoms with van der Waals surface area (Å²) in [5, 5.41) is 0.837. The van der Waals surface area contributed by atoms with Gasteiger partial charge >= 0.3 is 7.12 Å². The highest BCUT2D eigenvalue weighted by molar-refractivity contribution is 6.61. The number of hydrogen-bond donors (Lipinski definition) is 0. The molecule has 3 rings (SSSR count). The lowest BCUT2D eigenvalue weighted by atomic mass is 9.86. The van der Waals surface area contributed by atoms with Crippen molar-refractivity contribution in [3.8, 4) is 5.88 Å². The second-order valence-electron chi connectivity index (χ2n) is 6.20. The van der Waals surface area contributed by atoms with Crippen molar-refractivity contribution in [3.63, 3.8) is 0 Å². The van der Waals surface area contributed by atoms with Crippen molar-refractivity contribution in [2.75, 3.05) is 6.61 Å². The zero-order valence-corrected chi connectivity index (χ0v) is 13.1. The van der Waals surface area contributed by atoms with E-state index in [1.54, 1.807) is 6.20 Å². The summed E-state index contributed by atoms with van der Waals surface area (Å²) in [6.07, 6.45) is 1.67. The third-order valence-electron chi connectivity index (χ3n) is 4.19. The van der Waals surface area contributed by atoms with E-state index in [4.69, 9.17) is 18.5 Å². The molecule has 0 atom stereocenters. The SMILES string of the molecule is CCOc1nccc2oc(B3OC(C)(C)C(C)(C)O3)cc12. The minimum atomic E-state index is -0.517. The molecular weight excluding hydrogens is 269 g/mol. The average Bonchev–Trinajstić information content (AvgIpc) is 2.90. The smallest absolute Gasteiger partial charge is 0.477 e. The lowest BCUT2D eigenvalue weighted by Crippen LogP contribution is -2.41. The molecule has 112 valence electrons. The second-order valence-corrected chi connectivity index (χ2v) is 6.20. The van der Waals surface area contributed by atoms with Crippen LogP contribution in [0.15, 0.2) is 22.7 Å². The molecule has 0 unspecified atom stereocenters. The van der Waals surface area contributed by atoms with Crippen LogP contribution in [0, 0.1) is 0 Å². The Labute approximate surface area is 124 Å². The first-order chi connectivity index (χ1) is 9.84. The van der Waals surface area contributed by atoms with E-state index < -0.39 is 18.3 Å². The van der Waals surface area contributed by atoms with Gasteiger partial charge in [0.05, 0.1) is 23.2 Å². The van der Waals surface area contributed by atoms with Gasteiger partial charge in [0.2, 0.25) is 5.88 Å². The molecule has 0 saturated carbocycles. The zero-order chi connectivity index (χ0) is 15.3. The van der Waals surface area contributed by atoms with E-state index in [9.17, 15) is 0 Å². The lowest BCUT2D eigenvalue weighted by Gasteiger charge is -2.32. The molecule has 0 amide bonds. The van der Waals surface area contributed by atoms with E-state index >= 15 is 0 Å². The molecule has 1 saturated heterocycles. The van der Waals surface area contributed by atoms with Gasteiger partial charge < -0.3 is 18.5 Å². The zero-order valence-electron chi connectivity index (χ0n) is 13.1. The van der Waals surface area contributed by atoms with Gasteiger partial charge in [-0.2, -0.15) is 0 Å². The maximum absolute atomic E-state index is 6.00. The first-order valence-corrected chi connectivity index (χ1v) is 7.21. The number of fused-ring (bicyclic) bond motifs is 1. The van der Waals surface area contributed by atoms with E-state index in [2.05, 4.69) is 4.98 Å². The predicted octanol–water partition coefficient (Wildman–Crippen LogP) is 2.53. The predicted molar refractivity (Wildman–Crippen MR) is 80.9 cm³/mol. The van der Waals surface area contributed by atoms with Gasteiger partial charge in [0.25, 0.3) is 0 Å². The Morgan fingerprint density at radius 1 is 1.19 bits per heavy atom. The van der Waals surface area contributed by atoms with Crippen LogP contribution in [0.2, 0.25) is 0 Å². The van der Waals surface area contributed by atoms with Crippen LogP contribution in [0.4, 0.5) is 0 Å². The van der Waals surface area contributed by atoms with Gasteiger partial charge in [-0.15, -0.1) is 0 Å². The molecule has 2 aromatic heterocycles. The monoisotopic (exact) mass is 289 g/mol. The van der Waals surface area contributed by atoms with Crippen LogP contribution in [0.25, 0.3) is 11.0 Å². The van der Waals surface area contributed by atoms with Crippen molar-refractivity contribution >= 4 is 23.7 Å². The van der Waals surface area contributed by atoms with Gasteiger partial charge in [-0.05, 0) is 46.8 Å². The fraction of sp³-hybridized carbons (Fsp3) is 0.533. The van der Waals surface area contributed by atoms with Gasteiger partial charge in [0.15, 0.2) is 0 Å². The molecule has 3 heterocycles. The first kappa shape index (κ1) is 14.4. The standard InChI is InChI=1S/C15H20BNO4/c1-6-18-13-10-9-12(19-11(10)7-8-17-13)16-20-14(2,3)15(4,5)21-16/h7-9H,6H2,1-5H3. The number of rotatable bonds is 3. The Hall–Kier alpha value is -1.53. The first-order valence-electron chi connectivity index (χ1n) is 7.21. The van der Waals surface area contributed by atoms with Crippen LogP contribution >= 0.6 is 0 Å². The van der Waals surface area contributed by atoms with Crippen molar-refractivity contribution in [1.82, 2.24) is 4.98 Å². The lowest BCUT2D eigenvalue weighted by molar-refractivity contribution is 0.00578. The minimum Gasteiger partial charge on any atom is -0.477 e. The van der Waals surface area contributed by atoms with Crippen molar-refractivity contribution < 1.29 is 18.5 Å². The number of nitrogens with zero attached hydrogens (tertiary/aromatic N) is 1.